The molecule has 0 bridgehead atoms. The molecule has 8 nitrogen and oxygen atoms in total. The number of aromatic nitrogens is 3. The molecule has 2 aliphatic heterocycles. The number of pyridine rings is 1. The lowest BCUT2D eigenvalue weighted by Crippen LogP contribution is -2.46. The molecule has 8 heteroatoms. The second-order valence-electron chi connectivity index (χ2n) is 8.77. The Kier molecular flexibility index (Phi) is 6.16. The van der Waals surface area contributed by atoms with E-state index in [1.165, 1.54) is 5.56 Å². The Morgan fingerprint density at radius 3 is 2.84 bits per heavy atom. The van der Waals surface area contributed by atoms with E-state index in [2.05, 4.69) is 56.6 Å². The van der Waals surface area contributed by atoms with Crippen molar-refractivity contribution in [3.05, 3.63) is 65.6 Å². The van der Waals surface area contributed by atoms with Gasteiger partial charge in [0.25, 0.3) is 5.91 Å². The van der Waals surface area contributed by atoms with Gasteiger partial charge in [-0.3, -0.25) is 19.0 Å². The molecule has 4 heterocycles. The zero-order valence-electron chi connectivity index (χ0n) is 18.5. The number of fused-ring (bicyclic) bond motifs is 1. The molecule has 3 aromatic rings. The SMILES string of the molecule is CN1CCN(Cc2ccccc2)CC1c1nnc2ccc(C(=O)NCC3CCCO3)cn12. The van der Waals surface area contributed by atoms with Crippen LogP contribution < -0.4 is 5.32 Å². The van der Waals surface area contributed by atoms with Crippen LogP contribution in [0.1, 0.15) is 40.6 Å². The lowest BCUT2D eigenvalue weighted by atomic mass is 10.1. The van der Waals surface area contributed by atoms with Gasteiger partial charge in [-0.2, -0.15) is 0 Å². The van der Waals surface area contributed by atoms with Crippen molar-refractivity contribution in [2.45, 2.75) is 31.5 Å². The van der Waals surface area contributed by atoms with E-state index < -0.39 is 0 Å². The van der Waals surface area contributed by atoms with Crippen LogP contribution in [0.5, 0.6) is 0 Å². The highest BCUT2D eigenvalue weighted by atomic mass is 16.5. The molecule has 1 N–H and O–H groups in total. The van der Waals surface area contributed by atoms with Crippen molar-refractivity contribution < 1.29 is 9.53 Å². The van der Waals surface area contributed by atoms with Gasteiger partial charge in [-0.25, -0.2) is 0 Å². The first-order valence-corrected chi connectivity index (χ1v) is 11.4. The number of amides is 1. The van der Waals surface area contributed by atoms with Crippen molar-refractivity contribution >= 4 is 11.6 Å². The fourth-order valence-electron chi connectivity index (χ4n) is 4.58. The molecule has 5 rings (SSSR count). The van der Waals surface area contributed by atoms with Crippen LogP contribution in [0.2, 0.25) is 0 Å². The summed E-state index contributed by atoms with van der Waals surface area (Å²) in [4.78, 5) is 17.5. The average molecular weight is 435 g/mol. The first-order valence-electron chi connectivity index (χ1n) is 11.4. The summed E-state index contributed by atoms with van der Waals surface area (Å²) in [7, 11) is 2.13. The third-order valence-electron chi connectivity index (χ3n) is 6.48. The molecule has 168 valence electrons. The molecule has 2 saturated heterocycles. The molecule has 0 spiro atoms. The highest BCUT2D eigenvalue weighted by molar-refractivity contribution is 5.94. The van der Waals surface area contributed by atoms with Gasteiger partial charge in [0.05, 0.1) is 17.7 Å². The van der Waals surface area contributed by atoms with Crippen molar-refractivity contribution in [3.63, 3.8) is 0 Å². The number of carbonyl (C=O) groups is 1. The Hall–Kier alpha value is -2.81. The van der Waals surface area contributed by atoms with Crippen LogP contribution in [0.3, 0.4) is 0 Å². The van der Waals surface area contributed by atoms with Crippen LogP contribution in [-0.4, -0.2) is 76.2 Å². The molecule has 1 aromatic carbocycles. The fraction of sp³-hybridized carbons (Fsp3) is 0.458. The summed E-state index contributed by atoms with van der Waals surface area (Å²) < 4.78 is 7.58. The Labute approximate surface area is 188 Å². The predicted octanol–water partition coefficient (Wildman–Crippen LogP) is 2.13. The van der Waals surface area contributed by atoms with Crippen molar-refractivity contribution in [2.75, 3.05) is 39.8 Å². The molecule has 2 fully saturated rings. The molecule has 1 amide bonds. The molecular weight excluding hydrogens is 404 g/mol. The number of nitrogens with zero attached hydrogens (tertiary/aromatic N) is 5. The van der Waals surface area contributed by atoms with E-state index >= 15 is 0 Å². The average Bonchev–Trinajstić information content (AvgIpc) is 3.49. The van der Waals surface area contributed by atoms with Crippen LogP contribution in [-0.2, 0) is 11.3 Å². The molecule has 0 saturated carbocycles. The third-order valence-corrected chi connectivity index (χ3v) is 6.48. The molecule has 32 heavy (non-hydrogen) atoms. The molecule has 2 aromatic heterocycles. The number of hydrogen-bond acceptors (Lipinski definition) is 6. The van der Waals surface area contributed by atoms with Crippen LogP contribution in [0.15, 0.2) is 48.7 Å². The second-order valence-corrected chi connectivity index (χ2v) is 8.77. The van der Waals surface area contributed by atoms with E-state index in [4.69, 9.17) is 4.74 Å². The number of rotatable bonds is 6. The summed E-state index contributed by atoms with van der Waals surface area (Å²) in [6, 6.07) is 14.3. The van der Waals surface area contributed by atoms with Gasteiger partial charge in [0.2, 0.25) is 0 Å². The summed E-state index contributed by atoms with van der Waals surface area (Å²) in [5.74, 6) is 0.777. The third kappa shape index (κ3) is 4.53. The minimum Gasteiger partial charge on any atom is -0.376 e. The van der Waals surface area contributed by atoms with Crippen LogP contribution in [0.25, 0.3) is 5.65 Å². The van der Waals surface area contributed by atoms with Crippen molar-refractivity contribution in [1.82, 2.24) is 29.7 Å². The first kappa shape index (κ1) is 21.1. The quantitative estimate of drug-likeness (QED) is 0.641. The van der Waals surface area contributed by atoms with Gasteiger partial charge in [0, 0.05) is 45.5 Å². The first-order chi connectivity index (χ1) is 15.7. The Balaban J connectivity index is 1.33. The Morgan fingerprint density at radius 1 is 1.16 bits per heavy atom. The molecule has 2 aliphatic rings. The fourth-order valence-corrected chi connectivity index (χ4v) is 4.58. The summed E-state index contributed by atoms with van der Waals surface area (Å²) in [5.41, 5.74) is 2.67. The molecule has 0 aliphatic carbocycles. The standard InChI is InChI=1S/C24H30N6O2/c1-28-11-12-29(15-18-6-3-2-4-7-18)17-21(28)23-27-26-22-10-9-19(16-30(22)23)24(31)25-14-20-8-5-13-32-20/h2-4,6-7,9-10,16,20-21H,5,8,11-15,17H2,1H3,(H,25,31). The zero-order chi connectivity index (χ0) is 21.9. The highest BCUT2D eigenvalue weighted by Gasteiger charge is 2.29. The van der Waals surface area contributed by atoms with Gasteiger partial charge < -0.3 is 10.1 Å². The molecule has 0 radical (unpaired) electrons. The largest absolute Gasteiger partial charge is 0.376 e. The van der Waals surface area contributed by atoms with Crippen molar-refractivity contribution in [1.29, 1.82) is 0 Å². The van der Waals surface area contributed by atoms with E-state index in [0.717, 1.165) is 57.1 Å². The smallest absolute Gasteiger partial charge is 0.252 e. The Morgan fingerprint density at radius 2 is 2.03 bits per heavy atom. The maximum absolute atomic E-state index is 12.7. The minimum absolute atomic E-state index is 0.0928. The minimum atomic E-state index is -0.0928. The maximum Gasteiger partial charge on any atom is 0.252 e. The highest BCUT2D eigenvalue weighted by Crippen LogP contribution is 2.24. The Bertz CT molecular complexity index is 1060. The number of nitrogens with one attached hydrogen (secondary N) is 1. The molecular formula is C24H30N6O2. The summed E-state index contributed by atoms with van der Waals surface area (Å²) in [5, 5.41) is 11.9. The van der Waals surface area contributed by atoms with Crippen LogP contribution in [0.4, 0.5) is 0 Å². The van der Waals surface area contributed by atoms with Crippen molar-refractivity contribution in [2.24, 2.45) is 0 Å². The number of piperazine rings is 1. The predicted molar refractivity (Wildman–Crippen MR) is 121 cm³/mol. The van der Waals surface area contributed by atoms with E-state index in [1.807, 2.05) is 28.8 Å². The van der Waals surface area contributed by atoms with Gasteiger partial charge >= 0.3 is 0 Å². The van der Waals surface area contributed by atoms with E-state index in [-0.39, 0.29) is 18.1 Å². The number of likely N-dealkylation sites (N-methyl/N-ethyl adjacent to an activating group) is 1. The number of hydrogen-bond donors (Lipinski definition) is 1. The van der Waals surface area contributed by atoms with E-state index in [0.29, 0.717) is 12.1 Å². The number of carbonyl (C=O) groups excluding carboxylic acids is 1. The summed E-state index contributed by atoms with van der Waals surface area (Å²) in [6.45, 7) is 5.07. The van der Waals surface area contributed by atoms with Crippen molar-refractivity contribution in [3.8, 4) is 0 Å². The lowest BCUT2D eigenvalue weighted by Gasteiger charge is -2.38. The maximum atomic E-state index is 12.7. The number of ether oxygens (including phenoxy) is 1. The summed E-state index contributed by atoms with van der Waals surface area (Å²) in [6.07, 6.45) is 4.05. The van der Waals surface area contributed by atoms with E-state index in [1.54, 1.807) is 0 Å². The van der Waals surface area contributed by atoms with Gasteiger partial charge in [-0.15, -0.1) is 10.2 Å². The van der Waals surface area contributed by atoms with Gasteiger partial charge in [-0.05, 0) is 37.6 Å². The van der Waals surface area contributed by atoms with Crippen LogP contribution >= 0.6 is 0 Å². The zero-order valence-corrected chi connectivity index (χ0v) is 18.5. The second kappa shape index (κ2) is 9.36. The van der Waals surface area contributed by atoms with Gasteiger partial charge in [0.1, 0.15) is 0 Å². The topological polar surface area (TPSA) is 75.0 Å². The monoisotopic (exact) mass is 434 g/mol. The van der Waals surface area contributed by atoms with Gasteiger partial charge in [0.15, 0.2) is 11.5 Å². The van der Waals surface area contributed by atoms with E-state index in [9.17, 15) is 4.79 Å². The van der Waals surface area contributed by atoms with Crippen LogP contribution in [0, 0.1) is 0 Å². The normalized spacial score (nSPS) is 22.4. The molecule has 2 unspecified atom stereocenters. The van der Waals surface area contributed by atoms with Gasteiger partial charge in [-0.1, -0.05) is 30.3 Å². The molecule has 2 atom stereocenters. The summed E-state index contributed by atoms with van der Waals surface area (Å²) >= 11 is 0. The number of benzene rings is 1. The lowest BCUT2D eigenvalue weighted by molar-refractivity contribution is 0.0847.